The highest BCUT2D eigenvalue weighted by atomic mass is 19.1. The van der Waals surface area contributed by atoms with Crippen LogP contribution in [0.3, 0.4) is 0 Å². The lowest BCUT2D eigenvalue weighted by Gasteiger charge is -2.36. The van der Waals surface area contributed by atoms with Gasteiger partial charge in [0.1, 0.15) is 29.6 Å². The minimum atomic E-state index is -0.596. The van der Waals surface area contributed by atoms with E-state index in [-0.39, 0.29) is 23.6 Å². The zero-order valence-corrected chi connectivity index (χ0v) is 22.6. The van der Waals surface area contributed by atoms with Crippen LogP contribution in [0.4, 0.5) is 26.0 Å². The van der Waals surface area contributed by atoms with Crippen LogP contribution in [0.5, 0.6) is 0 Å². The van der Waals surface area contributed by atoms with Crippen LogP contribution in [0, 0.1) is 11.6 Å². The molecule has 2 saturated heterocycles. The Labute approximate surface area is 239 Å². The van der Waals surface area contributed by atoms with E-state index in [4.69, 9.17) is 14.8 Å². The summed E-state index contributed by atoms with van der Waals surface area (Å²) in [5.74, 6) is -1.26. The molecule has 218 valence electrons. The van der Waals surface area contributed by atoms with Crippen molar-refractivity contribution < 1.29 is 28.2 Å². The van der Waals surface area contributed by atoms with E-state index in [1.54, 1.807) is 29.3 Å². The third-order valence-corrected chi connectivity index (χ3v) is 7.60. The van der Waals surface area contributed by atoms with E-state index in [9.17, 15) is 18.4 Å². The number of carbonyl (C=O) groups is 2. The van der Waals surface area contributed by atoms with E-state index < -0.39 is 30.2 Å². The number of piperazine rings is 1. The lowest BCUT2D eigenvalue weighted by atomic mass is 10.0. The van der Waals surface area contributed by atoms with Crippen LogP contribution in [0.1, 0.15) is 22.0 Å². The quantitative estimate of drug-likeness (QED) is 0.359. The lowest BCUT2D eigenvalue weighted by molar-refractivity contribution is -0.134. The SMILES string of the molecule is O=C(Nc1ccc(N2CCN(C(=O)CO)CC2)cc1)c1cnn2ccc(N3CCOCC3c3cc(F)ccc3F)nc12. The molecule has 42 heavy (non-hydrogen) atoms. The van der Waals surface area contributed by atoms with E-state index in [2.05, 4.69) is 15.3 Å². The van der Waals surface area contributed by atoms with Crippen molar-refractivity contribution in [1.82, 2.24) is 19.5 Å². The predicted octanol–water partition coefficient (Wildman–Crippen LogP) is 2.48. The summed E-state index contributed by atoms with van der Waals surface area (Å²) < 4.78 is 35.7. The maximum Gasteiger partial charge on any atom is 0.261 e. The number of amides is 2. The van der Waals surface area contributed by atoms with Gasteiger partial charge >= 0.3 is 0 Å². The first-order valence-electron chi connectivity index (χ1n) is 13.6. The number of carbonyl (C=O) groups excluding carboxylic acids is 2. The number of fused-ring (bicyclic) bond motifs is 1. The number of rotatable bonds is 6. The van der Waals surface area contributed by atoms with Gasteiger partial charge in [-0.2, -0.15) is 5.10 Å². The molecule has 11 nitrogen and oxygen atoms in total. The second kappa shape index (κ2) is 11.7. The Morgan fingerprint density at radius 2 is 1.81 bits per heavy atom. The van der Waals surface area contributed by atoms with Crippen LogP contribution in [-0.2, 0) is 9.53 Å². The third kappa shape index (κ3) is 5.48. The number of hydrogen-bond acceptors (Lipinski definition) is 8. The molecule has 2 aromatic carbocycles. The van der Waals surface area contributed by atoms with Gasteiger partial charge in [0, 0.05) is 55.9 Å². The zero-order chi connectivity index (χ0) is 29.2. The van der Waals surface area contributed by atoms with Crippen LogP contribution in [0.2, 0.25) is 0 Å². The first kappa shape index (κ1) is 27.5. The van der Waals surface area contributed by atoms with Crippen molar-refractivity contribution in [1.29, 1.82) is 0 Å². The molecule has 13 heteroatoms. The van der Waals surface area contributed by atoms with Gasteiger partial charge in [-0.05, 0) is 48.5 Å². The van der Waals surface area contributed by atoms with Crippen molar-refractivity contribution in [3.63, 3.8) is 0 Å². The number of ether oxygens (including phenoxy) is 1. The molecular weight excluding hydrogens is 548 g/mol. The average Bonchev–Trinajstić information content (AvgIpc) is 3.46. The normalized spacial score (nSPS) is 17.5. The fourth-order valence-corrected chi connectivity index (χ4v) is 5.35. The minimum absolute atomic E-state index is 0.159. The van der Waals surface area contributed by atoms with Crippen molar-refractivity contribution >= 4 is 34.7 Å². The standard InChI is InChI=1S/C29H29F2N7O4/c30-19-1-6-24(31)22(15-19)25-18-42-14-13-37(25)26-7-8-38-28(34-26)23(16-32-38)29(41)33-20-2-4-21(5-3-20)35-9-11-36(12-10-35)27(40)17-39/h1-8,15-16,25,39H,9-14,17-18H2,(H,33,41). The molecule has 4 aromatic rings. The summed E-state index contributed by atoms with van der Waals surface area (Å²) in [6.07, 6.45) is 3.11. The number of aliphatic hydroxyl groups is 1. The molecule has 0 bridgehead atoms. The molecule has 4 heterocycles. The number of morpholine rings is 1. The van der Waals surface area contributed by atoms with Crippen molar-refractivity contribution in [3.05, 3.63) is 83.7 Å². The van der Waals surface area contributed by atoms with Crippen molar-refractivity contribution in [2.75, 3.05) is 67.7 Å². The van der Waals surface area contributed by atoms with Crippen LogP contribution in [0.25, 0.3) is 5.65 Å². The fourth-order valence-electron chi connectivity index (χ4n) is 5.35. The molecule has 0 saturated carbocycles. The summed E-state index contributed by atoms with van der Waals surface area (Å²) in [6, 6.07) is 11.9. The van der Waals surface area contributed by atoms with Crippen molar-refractivity contribution in [2.24, 2.45) is 0 Å². The minimum Gasteiger partial charge on any atom is -0.387 e. The monoisotopic (exact) mass is 577 g/mol. The molecule has 1 atom stereocenters. The molecular formula is C29H29F2N7O4. The smallest absolute Gasteiger partial charge is 0.261 e. The summed E-state index contributed by atoms with van der Waals surface area (Å²) in [4.78, 5) is 35.3. The molecule has 6 rings (SSSR count). The average molecular weight is 578 g/mol. The number of nitrogens with one attached hydrogen (secondary N) is 1. The van der Waals surface area contributed by atoms with E-state index in [1.807, 2.05) is 17.0 Å². The number of anilines is 3. The van der Waals surface area contributed by atoms with E-state index in [1.165, 1.54) is 16.8 Å². The highest BCUT2D eigenvalue weighted by Crippen LogP contribution is 2.31. The van der Waals surface area contributed by atoms with Gasteiger partial charge in [-0.15, -0.1) is 0 Å². The maximum absolute atomic E-state index is 14.7. The summed E-state index contributed by atoms with van der Waals surface area (Å²) in [6.45, 7) is 2.81. The van der Waals surface area contributed by atoms with Gasteiger partial charge in [-0.1, -0.05) is 0 Å². The largest absolute Gasteiger partial charge is 0.387 e. The van der Waals surface area contributed by atoms with E-state index in [0.717, 1.165) is 17.8 Å². The Morgan fingerprint density at radius 3 is 2.57 bits per heavy atom. The molecule has 1 unspecified atom stereocenters. The van der Waals surface area contributed by atoms with Gasteiger partial charge < -0.3 is 29.9 Å². The molecule has 2 aromatic heterocycles. The number of hydrogen-bond donors (Lipinski definition) is 2. The van der Waals surface area contributed by atoms with Crippen molar-refractivity contribution in [2.45, 2.75) is 6.04 Å². The van der Waals surface area contributed by atoms with Crippen LogP contribution >= 0.6 is 0 Å². The molecule has 2 fully saturated rings. The Balaban J connectivity index is 1.18. The van der Waals surface area contributed by atoms with Crippen LogP contribution in [0.15, 0.2) is 60.9 Å². The molecule has 2 aliphatic rings. The number of benzene rings is 2. The second-order valence-electron chi connectivity index (χ2n) is 10.1. The van der Waals surface area contributed by atoms with Gasteiger partial charge in [0.25, 0.3) is 5.91 Å². The Kier molecular flexibility index (Phi) is 7.68. The highest BCUT2D eigenvalue weighted by molar-refractivity contribution is 6.08. The molecule has 0 aliphatic carbocycles. The van der Waals surface area contributed by atoms with E-state index >= 15 is 0 Å². The highest BCUT2D eigenvalue weighted by Gasteiger charge is 2.29. The first-order valence-corrected chi connectivity index (χ1v) is 13.6. The number of halogens is 2. The summed E-state index contributed by atoms with van der Waals surface area (Å²) in [5.41, 5.74) is 2.30. The second-order valence-corrected chi connectivity index (χ2v) is 10.1. The zero-order valence-electron chi connectivity index (χ0n) is 22.6. The van der Waals surface area contributed by atoms with E-state index in [0.29, 0.717) is 56.5 Å². The molecule has 0 radical (unpaired) electrons. The Morgan fingerprint density at radius 1 is 1.02 bits per heavy atom. The summed E-state index contributed by atoms with van der Waals surface area (Å²) >= 11 is 0. The topological polar surface area (TPSA) is 116 Å². The molecule has 2 aliphatic heterocycles. The Hall–Kier alpha value is -4.62. The number of nitrogens with zero attached hydrogens (tertiary/aromatic N) is 6. The van der Waals surface area contributed by atoms with Gasteiger partial charge in [-0.25, -0.2) is 18.3 Å². The fraction of sp³-hybridized carbons (Fsp3) is 0.310. The molecule has 2 N–H and O–H groups in total. The number of aliphatic hydroxyl groups excluding tert-OH is 1. The lowest BCUT2D eigenvalue weighted by Crippen LogP contribution is -2.49. The predicted molar refractivity (Wildman–Crippen MR) is 151 cm³/mol. The van der Waals surface area contributed by atoms with Gasteiger partial charge in [0.05, 0.1) is 25.5 Å². The molecule has 2 amide bonds. The maximum atomic E-state index is 14.7. The van der Waals surface area contributed by atoms with Gasteiger partial charge in [-0.3, -0.25) is 9.59 Å². The van der Waals surface area contributed by atoms with Gasteiger partial charge in [0.15, 0.2) is 5.65 Å². The van der Waals surface area contributed by atoms with Crippen LogP contribution in [-0.4, -0.2) is 89.0 Å². The van der Waals surface area contributed by atoms with Crippen LogP contribution < -0.4 is 15.1 Å². The third-order valence-electron chi connectivity index (χ3n) is 7.60. The first-order chi connectivity index (χ1) is 20.4. The van der Waals surface area contributed by atoms with Gasteiger partial charge in [0.2, 0.25) is 5.91 Å². The number of aromatic nitrogens is 3. The summed E-state index contributed by atoms with van der Waals surface area (Å²) in [7, 11) is 0. The molecule has 0 spiro atoms. The van der Waals surface area contributed by atoms with Crippen molar-refractivity contribution in [3.8, 4) is 0 Å². The summed E-state index contributed by atoms with van der Waals surface area (Å²) in [5, 5.41) is 16.2. The Bertz CT molecular complexity index is 1610.